The quantitative estimate of drug-likeness (QED) is 0.810. The molecule has 0 bridgehead atoms. The predicted molar refractivity (Wildman–Crippen MR) is 84.6 cm³/mol. The molecule has 2 N–H and O–H groups in total. The van der Waals surface area contributed by atoms with Crippen LogP contribution in [0.2, 0.25) is 0 Å². The highest BCUT2D eigenvalue weighted by Crippen LogP contribution is 2.40. The molecule has 0 spiro atoms. The summed E-state index contributed by atoms with van der Waals surface area (Å²) in [5.74, 6) is 1.48. The molecule has 0 aliphatic heterocycles. The standard InChI is InChI=1S/C18H27NO2/c1-14-4-8-17(9-5-14)21-12-10-15-3-2-11-18(15,13-20)19-16-6-7-16/h4-5,8-9,15-16,19-20H,2-3,6-7,10-13H2,1H3. The van der Waals surface area contributed by atoms with E-state index in [0.717, 1.165) is 25.2 Å². The molecule has 2 fully saturated rings. The largest absolute Gasteiger partial charge is 0.494 e. The number of nitrogens with one attached hydrogen (secondary N) is 1. The van der Waals surface area contributed by atoms with E-state index < -0.39 is 0 Å². The van der Waals surface area contributed by atoms with Gasteiger partial charge in [-0.25, -0.2) is 0 Å². The number of aryl methyl sites for hydroxylation is 1. The SMILES string of the molecule is Cc1ccc(OCCC2CCCC2(CO)NC2CC2)cc1. The topological polar surface area (TPSA) is 41.5 Å². The van der Waals surface area contributed by atoms with Gasteiger partial charge in [0.15, 0.2) is 0 Å². The molecule has 0 aromatic heterocycles. The summed E-state index contributed by atoms with van der Waals surface area (Å²) in [4.78, 5) is 0. The van der Waals surface area contributed by atoms with Gasteiger partial charge in [0.2, 0.25) is 0 Å². The van der Waals surface area contributed by atoms with Crippen molar-refractivity contribution >= 4 is 0 Å². The van der Waals surface area contributed by atoms with E-state index in [1.54, 1.807) is 0 Å². The van der Waals surface area contributed by atoms with Gasteiger partial charge in [0.1, 0.15) is 5.75 Å². The molecule has 21 heavy (non-hydrogen) atoms. The van der Waals surface area contributed by atoms with Gasteiger partial charge in [0.05, 0.1) is 13.2 Å². The Kier molecular flexibility index (Phi) is 4.51. The lowest BCUT2D eigenvalue weighted by Crippen LogP contribution is -2.52. The van der Waals surface area contributed by atoms with Crippen LogP contribution in [0.1, 0.15) is 44.1 Å². The Morgan fingerprint density at radius 1 is 1.24 bits per heavy atom. The lowest BCUT2D eigenvalue weighted by Gasteiger charge is -2.35. The summed E-state index contributed by atoms with van der Waals surface area (Å²) in [6, 6.07) is 8.88. The number of hydrogen-bond donors (Lipinski definition) is 2. The van der Waals surface area contributed by atoms with Gasteiger partial charge < -0.3 is 15.2 Å². The van der Waals surface area contributed by atoms with Gasteiger partial charge in [-0.1, -0.05) is 24.1 Å². The summed E-state index contributed by atoms with van der Waals surface area (Å²) in [5, 5.41) is 13.6. The third-order valence-corrected chi connectivity index (χ3v) is 5.06. The van der Waals surface area contributed by atoms with Crippen molar-refractivity contribution in [2.75, 3.05) is 13.2 Å². The number of rotatable bonds is 7. The summed E-state index contributed by atoms with van der Waals surface area (Å²) in [5.41, 5.74) is 1.21. The van der Waals surface area contributed by atoms with Crippen molar-refractivity contribution in [1.82, 2.24) is 5.32 Å². The third-order valence-electron chi connectivity index (χ3n) is 5.06. The van der Waals surface area contributed by atoms with Gasteiger partial charge >= 0.3 is 0 Å². The second-order valence-corrected chi connectivity index (χ2v) is 6.77. The molecule has 116 valence electrons. The van der Waals surface area contributed by atoms with Crippen molar-refractivity contribution in [3.8, 4) is 5.75 Å². The molecule has 3 heteroatoms. The summed E-state index contributed by atoms with van der Waals surface area (Å²) >= 11 is 0. The van der Waals surface area contributed by atoms with Gasteiger partial charge in [0.25, 0.3) is 0 Å². The van der Waals surface area contributed by atoms with Crippen LogP contribution < -0.4 is 10.1 Å². The molecule has 2 atom stereocenters. The molecule has 2 saturated carbocycles. The lowest BCUT2D eigenvalue weighted by atomic mass is 9.85. The zero-order valence-corrected chi connectivity index (χ0v) is 13.0. The average molecular weight is 289 g/mol. The maximum atomic E-state index is 9.91. The van der Waals surface area contributed by atoms with Crippen LogP contribution in [0, 0.1) is 12.8 Å². The van der Waals surface area contributed by atoms with E-state index in [1.165, 1.54) is 31.2 Å². The molecular formula is C18H27NO2. The minimum absolute atomic E-state index is 0.0438. The fourth-order valence-electron chi connectivity index (χ4n) is 3.60. The first kappa shape index (κ1) is 14.9. The molecule has 1 aromatic rings. The second-order valence-electron chi connectivity index (χ2n) is 6.77. The monoisotopic (exact) mass is 289 g/mol. The van der Waals surface area contributed by atoms with Crippen LogP contribution in [0.15, 0.2) is 24.3 Å². The molecule has 2 unspecified atom stereocenters. The molecule has 0 radical (unpaired) electrons. The minimum atomic E-state index is -0.0438. The van der Waals surface area contributed by atoms with Crippen LogP contribution in [-0.2, 0) is 0 Å². The first-order chi connectivity index (χ1) is 10.2. The number of hydrogen-bond acceptors (Lipinski definition) is 3. The molecule has 0 saturated heterocycles. The average Bonchev–Trinajstić information content (AvgIpc) is 3.21. The van der Waals surface area contributed by atoms with E-state index in [1.807, 2.05) is 12.1 Å². The van der Waals surface area contributed by atoms with E-state index in [2.05, 4.69) is 24.4 Å². The Morgan fingerprint density at radius 3 is 2.67 bits per heavy atom. The Bertz CT molecular complexity index is 455. The van der Waals surface area contributed by atoms with Crippen LogP contribution in [0.4, 0.5) is 0 Å². The van der Waals surface area contributed by atoms with E-state index in [0.29, 0.717) is 12.0 Å². The first-order valence-corrected chi connectivity index (χ1v) is 8.30. The Morgan fingerprint density at radius 2 is 2.00 bits per heavy atom. The van der Waals surface area contributed by atoms with Crippen LogP contribution in [-0.4, -0.2) is 29.9 Å². The van der Waals surface area contributed by atoms with Gasteiger partial charge in [-0.3, -0.25) is 0 Å². The van der Waals surface area contributed by atoms with Crippen molar-refractivity contribution in [2.24, 2.45) is 5.92 Å². The molecule has 2 aliphatic rings. The molecule has 0 heterocycles. The van der Waals surface area contributed by atoms with Crippen molar-refractivity contribution < 1.29 is 9.84 Å². The zero-order chi connectivity index (χ0) is 14.7. The van der Waals surface area contributed by atoms with E-state index in [9.17, 15) is 5.11 Å². The summed E-state index contributed by atoms with van der Waals surface area (Å²) in [7, 11) is 0. The Balaban J connectivity index is 1.52. The highest BCUT2D eigenvalue weighted by atomic mass is 16.5. The second kappa shape index (κ2) is 6.37. The summed E-state index contributed by atoms with van der Waals surface area (Å²) in [6.45, 7) is 3.09. The van der Waals surface area contributed by atoms with Gasteiger partial charge in [-0.15, -0.1) is 0 Å². The van der Waals surface area contributed by atoms with Crippen molar-refractivity contribution in [3.63, 3.8) is 0 Å². The molecular weight excluding hydrogens is 262 g/mol. The number of benzene rings is 1. The Labute approximate surface area is 127 Å². The third kappa shape index (κ3) is 3.58. The van der Waals surface area contributed by atoms with E-state index in [-0.39, 0.29) is 12.1 Å². The number of aliphatic hydroxyl groups is 1. The maximum Gasteiger partial charge on any atom is 0.119 e. The smallest absolute Gasteiger partial charge is 0.119 e. The summed E-state index contributed by atoms with van der Waals surface area (Å²) < 4.78 is 5.87. The van der Waals surface area contributed by atoms with Crippen molar-refractivity contribution in [1.29, 1.82) is 0 Å². The van der Waals surface area contributed by atoms with E-state index >= 15 is 0 Å². The van der Waals surface area contributed by atoms with Crippen LogP contribution >= 0.6 is 0 Å². The maximum absolute atomic E-state index is 9.91. The number of aliphatic hydroxyl groups excluding tert-OH is 1. The van der Waals surface area contributed by atoms with Gasteiger partial charge in [-0.2, -0.15) is 0 Å². The minimum Gasteiger partial charge on any atom is -0.494 e. The molecule has 3 nitrogen and oxygen atoms in total. The molecule has 1 aromatic carbocycles. The fourth-order valence-corrected chi connectivity index (χ4v) is 3.60. The van der Waals surface area contributed by atoms with Crippen molar-refractivity contribution in [2.45, 2.75) is 57.0 Å². The van der Waals surface area contributed by atoms with Crippen LogP contribution in [0.3, 0.4) is 0 Å². The summed E-state index contributed by atoms with van der Waals surface area (Å²) in [6.07, 6.45) is 7.10. The van der Waals surface area contributed by atoms with Crippen LogP contribution in [0.25, 0.3) is 0 Å². The molecule has 0 amide bonds. The first-order valence-electron chi connectivity index (χ1n) is 8.30. The normalized spacial score (nSPS) is 28.8. The van der Waals surface area contributed by atoms with Crippen molar-refractivity contribution in [3.05, 3.63) is 29.8 Å². The fraction of sp³-hybridized carbons (Fsp3) is 0.667. The molecule has 3 rings (SSSR count). The Hall–Kier alpha value is -1.06. The highest BCUT2D eigenvalue weighted by Gasteiger charge is 2.44. The predicted octanol–water partition coefficient (Wildman–Crippen LogP) is 3.05. The van der Waals surface area contributed by atoms with Gasteiger partial charge in [-0.05, 0) is 57.1 Å². The lowest BCUT2D eigenvalue weighted by molar-refractivity contribution is 0.108. The molecule has 2 aliphatic carbocycles. The van der Waals surface area contributed by atoms with E-state index in [4.69, 9.17) is 4.74 Å². The highest BCUT2D eigenvalue weighted by molar-refractivity contribution is 5.26. The number of ether oxygens (including phenoxy) is 1. The van der Waals surface area contributed by atoms with Crippen LogP contribution in [0.5, 0.6) is 5.75 Å². The zero-order valence-electron chi connectivity index (χ0n) is 13.0. The van der Waals surface area contributed by atoms with Gasteiger partial charge in [0, 0.05) is 11.6 Å².